The fourth-order valence-corrected chi connectivity index (χ4v) is 1.91. The summed E-state index contributed by atoms with van der Waals surface area (Å²) in [4.78, 5) is 36.7. The van der Waals surface area contributed by atoms with Crippen molar-refractivity contribution in [2.24, 2.45) is 5.92 Å². The van der Waals surface area contributed by atoms with Crippen LogP contribution < -0.4 is 4.90 Å². The van der Waals surface area contributed by atoms with E-state index in [4.69, 9.17) is 0 Å². The summed E-state index contributed by atoms with van der Waals surface area (Å²) in [6.07, 6.45) is 0. The minimum absolute atomic E-state index is 0.0295. The maximum absolute atomic E-state index is 11.9. The van der Waals surface area contributed by atoms with Crippen molar-refractivity contribution in [3.63, 3.8) is 0 Å². The Balaban J connectivity index is 2.37. The molecule has 4 heteroatoms. The summed E-state index contributed by atoms with van der Waals surface area (Å²) in [7, 11) is 0. The molecular formula is C14H15NO3. The van der Waals surface area contributed by atoms with E-state index in [1.54, 1.807) is 26.0 Å². The minimum Gasteiger partial charge on any atom is -0.297 e. The van der Waals surface area contributed by atoms with Crippen LogP contribution >= 0.6 is 0 Å². The Morgan fingerprint density at radius 3 is 2.56 bits per heavy atom. The molecule has 1 aromatic carbocycles. The number of fused-ring (bicyclic) bond motifs is 1. The van der Waals surface area contributed by atoms with E-state index in [0.717, 1.165) is 5.56 Å². The van der Waals surface area contributed by atoms with Crippen molar-refractivity contribution in [1.29, 1.82) is 0 Å². The zero-order valence-electron chi connectivity index (χ0n) is 10.7. The van der Waals surface area contributed by atoms with Crippen LogP contribution in [0.5, 0.6) is 0 Å². The van der Waals surface area contributed by atoms with Crippen molar-refractivity contribution >= 4 is 23.2 Å². The van der Waals surface area contributed by atoms with E-state index < -0.39 is 11.7 Å². The molecule has 1 aliphatic rings. The molecule has 0 fully saturated rings. The lowest BCUT2D eigenvalue weighted by atomic mass is 10.1. The number of benzene rings is 1. The van der Waals surface area contributed by atoms with Gasteiger partial charge in [-0.3, -0.25) is 19.3 Å². The fourth-order valence-electron chi connectivity index (χ4n) is 1.91. The number of Topliss-reactive ketones (excluding diaryl/α,β-unsaturated/α-hetero) is 2. The van der Waals surface area contributed by atoms with Crippen LogP contribution in [0.15, 0.2) is 18.2 Å². The zero-order chi connectivity index (χ0) is 13.4. The summed E-state index contributed by atoms with van der Waals surface area (Å²) < 4.78 is 0. The third kappa shape index (κ3) is 1.94. The summed E-state index contributed by atoms with van der Waals surface area (Å²) in [6.45, 7) is 5.39. The molecule has 0 bridgehead atoms. The van der Waals surface area contributed by atoms with Gasteiger partial charge in [-0.05, 0) is 19.1 Å². The lowest BCUT2D eigenvalue weighted by Crippen LogP contribution is -2.36. The van der Waals surface area contributed by atoms with Crippen molar-refractivity contribution in [1.82, 2.24) is 0 Å². The van der Waals surface area contributed by atoms with Crippen LogP contribution in [0.4, 0.5) is 5.69 Å². The Bertz CT molecular complexity index is 546. The first kappa shape index (κ1) is 12.5. The average molecular weight is 245 g/mol. The van der Waals surface area contributed by atoms with E-state index >= 15 is 0 Å². The molecule has 18 heavy (non-hydrogen) atoms. The van der Waals surface area contributed by atoms with Crippen LogP contribution in [0.1, 0.15) is 29.8 Å². The van der Waals surface area contributed by atoms with Gasteiger partial charge < -0.3 is 0 Å². The monoisotopic (exact) mass is 245 g/mol. The zero-order valence-corrected chi connectivity index (χ0v) is 10.7. The van der Waals surface area contributed by atoms with E-state index in [-0.39, 0.29) is 18.2 Å². The second kappa shape index (κ2) is 4.37. The molecule has 0 saturated carbocycles. The van der Waals surface area contributed by atoms with Crippen molar-refractivity contribution in [2.45, 2.75) is 20.8 Å². The van der Waals surface area contributed by atoms with Gasteiger partial charge in [0.1, 0.15) is 0 Å². The Morgan fingerprint density at radius 2 is 1.94 bits per heavy atom. The van der Waals surface area contributed by atoms with E-state index in [0.29, 0.717) is 11.3 Å². The smallest absolute Gasteiger partial charge is 0.297 e. The quantitative estimate of drug-likeness (QED) is 0.762. The van der Waals surface area contributed by atoms with Crippen molar-refractivity contribution in [3.05, 3.63) is 29.3 Å². The van der Waals surface area contributed by atoms with Crippen LogP contribution in [0, 0.1) is 12.8 Å². The molecule has 0 aliphatic carbocycles. The predicted octanol–water partition coefficient (Wildman–Crippen LogP) is 1.75. The molecule has 0 unspecified atom stereocenters. The molecule has 0 spiro atoms. The maximum Gasteiger partial charge on any atom is 0.299 e. The van der Waals surface area contributed by atoms with Crippen LogP contribution in [-0.4, -0.2) is 24.0 Å². The van der Waals surface area contributed by atoms with E-state index in [1.165, 1.54) is 4.90 Å². The number of carbonyl (C=O) groups excluding carboxylic acids is 3. The number of ketones is 2. The number of carbonyl (C=O) groups is 3. The average Bonchev–Trinajstić information content (AvgIpc) is 2.54. The number of hydrogen-bond acceptors (Lipinski definition) is 3. The Labute approximate surface area is 106 Å². The van der Waals surface area contributed by atoms with Crippen molar-refractivity contribution in [2.75, 3.05) is 11.4 Å². The highest BCUT2D eigenvalue weighted by atomic mass is 16.2. The van der Waals surface area contributed by atoms with Gasteiger partial charge >= 0.3 is 0 Å². The molecule has 1 aliphatic heterocycles. The van der Waals surface area contributed by atoms with E-state index in [9.17, 15) is 14.4 Å². The molecule has 0 atom stereocenters. The molecular weight excluding hydrogens is 230 g/mol. The van der Waals surface area contributed by atoms with Crippen LogP contribution in [-0.2, 0) is 9.59 Å². The lowest BCUT2D eigenvalue weighted by molar-refractivity contribution is -0.122. The molecule has 0 N–H and O–H groups in total. The van der Waals surface area contributed by atoms with Gasteiger partial charge in [0.2, 0.25) is 0 Å². The third-order valence-corrected chi connectivity index (χ3v) is 3.08. The van der Waals surface area contributed by atoms with Crippen molar-refractivity contribution < 1.29 is 14.4 Å². The number of nitrogens with zero attached hydrogens (tertiary/aromatic N) is 1. The molecule has 0 saturated heterocycles. The number of hydrogen-bond donors (Lipinski definition) is 0. The minimum atomic E-state index is -0.607. The highest BCUT2D eigenvalue weighted by Crippen LogP contribution is 2.29. The highest BCUT2D eigenvalue weighted by molar-refractivity contribution is 6.52. The Kier molecular flexibility index (Phi) is 3.03. The Hall–Kier alpha value is -1.97. The number of anilines is 1. The fraction of sp³-hybridized carbons (Fsp3) is 0.357. The van der Waals surface area contributed by atoms with Gasteiger partial charge in [-0.2, -0.15) is 0 Å². The van der Waals surface area contributed by atoms with Gasteiger partial charge in [0.05, 0.1) is 17.8 Å². The lowest BCUT2D eigenvalue weighted by Gasteiger charge is -2.16. The molecule has 2 rings (SSSR count). The largest absolute Gasteiger partial charge is 0.299 e. The van der Waals surface area contributed by atoms with Crippen LogP contribution in [0.3, 0.4) is 0 Å². The van der Waals surface area contributed by atoms with Gasteiger partial charge in [-0.15, -0.1) is 0 Å². The standard InChI is InChI=1S/C14H15NO3/c1-8(2)12(16)7-15-11-5-4-9(3)6-10(11)13(17)14(15)18/h4-6,8H,7H2,1-3H3. The highest BCUT2D eigenvalue weighted by Gasteiger charge is 2.36. The molecule has 4 nitrogen and oxygen atoms in total. The second-order valence-corrected chi connectivity index (χ2v) is 4.86. The van der Waals surface area contributed by atoms with Crippen molar-refractivity contribution in [3.8, 4) is 0 Å². The third-order valence-electron chi connectivity index (χ3n) is 3.08. The molecule has 0 radical (unpaired) electrons. The van der Waals surface area contributed by atoms with E-state index in [2.05, 4.69) is 0 Å². The van der Waals surface area contributed by atoms with Gasteiger partial charge in [-0.25, -0.2) is 0 Å². The first-order valence-corrected chi connectivity index (χ1v) is 5.91. The summed E-state index contributed by atoms with van der Waals surface area (Å²) >= 11 is 0. The molecule has 1 aromatic rings. The van der Waals surface area contributed by atoms with Gasteiger partial charge in [0.15, 0.2) is 5.78 Å². The van der Waals surface area contributed by atoms with Gasteiger partial charge in [0, 0.05) is 5.92 Å². The first-order chi connectivity index (χ1) is 8.41. The van der Waals surface area contributed by atoms with Crippen LogP contribution in [0.25, 0.3) is 0 Å². The molecule has 94 valence electrons. The number of rotatable bonds is 3. The Morgan fingerprint density at radius 1 is 1.28 bits per heavy atom. The number of amides is 1. The van der Waals surface area contributed by atoms with Gasteiger partial charge in [0.25, 0.3) is 11.7 Å². The summed E-state index contributed by atoms with van der Waals surface area (Å²) in [5.74, 6) is -1.33. The normalized spacial score (nSPS) is 14.3. The number of aryl methyl sites for hydroxylation is 1. The van der Waals surface area contributed by atoms with Gasteiger partial charge in [-0.1, -0.05) is 25.5 Å². The first-order valence-electron chi connectivity index (χ1n) is 5.91. The summed E-state index contributed by atoms with van der Waals surface area (Å²) in [6, 6.07) is 5.24. The molecule has 1 heterocycles. The van der Waals surface area contributed by atoms with E-state index in [1.807, 2.05) is 13.0 Å². The molecule has 1 amide bonds. The molecule has 0 aromatic heterocycles. The summed E-state index contributed by atoms with van der Waals surface area (Å²) in [5, 5.41) is 0. The van der Waals surface area contributed by atoms with Crippen LogP contribution in [0.2, 0.25) is 0 Å². The topological polar surface area (TPSA) is 54.5 Å². The SMILES string of the molecule is Cc1ccc2c(c1)C(=O)C(=O)N2CC(=O)C(C)C. The predicted molar refractivity (Wildman–Crippen MR) is 67.7 cm³/mol. The maximum atomic E-state index is 11.9. The second-order valence-electron chi connectivity index (χ2n) is 4.86. The summed E-state index contributed by atoms with van der Waals surface area (Å²) in [5.41, 5.74) is 1.87.